The fourth-order valence-corrected chi connectivity index (χ4v) is 4.11. The van der Waals surface area contributed by atoms with Gasteiger partial charge >= 0.3 is 0 Å². The summed E-state index contributed by atoms with van der Waals surface area (Å²) >= 11 is 5.88. The van der Waals surface area contributed by atoms with Gasteiger partial charge in [-0.15, -0.1) is 0 Å². The Morgan fingerprint density at radius 2 is 2.20 bits per heavy atom. The molecule has 2 saturated carbocycles. The highest BCUT2D eigenvalue weighted by Gasteiger charge is 2.42. The van der Waals surface area contributed by atoms with Crippen LogP contribution in [0.3, 0.4) is 0 Å². The van der Waals surface area contributed by atoms with E-state index in [2.05, 4.69) is 12.2 Å². The number of fused-ring (bicyclic) bond motifs is 2. The molecule has 2 aliphatic carbocycles. The van der Waals surface area contributed by atoms with Crippen molar-refractivity contribution in [2.75, 3.05) is 5.73 Å². The van der Waals surface area contributed by atoms with Crippen LogP contribution in [0, 0.1) is 17.8 Å². The number of halogens is 1. The number of carbonyl (C=O) groups is 1. The van der Waals surface area contributed by atoms with Crippen LogP contribution in [0.5, 0.6) is 0 Å². The maximum absolute atomic E-state index is 12.3. The van der Waals surface area contributed by atoms with Gasteiger partial charge in [0.05, 0.1) is 10.7 Å². The molecule has 1 aromatic carbocycles. The monoisotopic (exact) mass is 292 g/mol. The topological polar surface area (TPSA) is 55.1 Å². The van der Waals surface area contributed by atoms with Crippen molar-refractivity contribution < 1.29 is 4.79 Å². The third-order valence-electron chi connectivity index (χ3n) is 5.05. The standard InChI is InChI=1S/C16H21ClN2O/c1-9(13-7-10-2-3-11(13)6-10)19-16(20)12-4-5-14(17)15(18)8-12/h4-5,8-11,13H,2-3,6-7,18H2,1H3,(H,19,20). The van der Waals surface area contributed by atoms with Crippen LogP contribution in [0.1, 0.15) is 43.0 Å². The Hall–Kier alpha value is -1.22. The predicted octanol–water partition coefficient (Wildman–Crippen LogP) is 3.48. The highest BCUT2D eigenvalue weighted by atomic mass is 35.5. The van der Waals surface area contributed by atoms with Gasteiger partial charge in [-0.3, -0.25) is 4.79 Å². The molecule has 2 bridgehead atoms. The smallest absolute Gasteiger partial charge is 0.251 e. The molecule has 0 aliphatic heterocycles. The van der Waals surface area contributed by atoms with Gasteiger partial charge < -0.3 is 11.1 Å². The van der Waals surface area contributed by atoms with Gasteiger partial charge in [-0.2, -0.15) is 0 Å². The highest BCUT2D eigenvalue weighted by Crippen LogP contribution is 2.49. The molecule has 3 N–H and O–H groups in total. The van der Waals surface area contributed by atoms with Gasteiger partial charge in [0, 0.05) is 11.6 Å². The number of nitrogens with one attached hydrogen (secondary N) is 1. The van der Waals surface area contributed by atoms with Crippen molar-refractivity contribution in [2.24, 2.45) is 17.8 Å². The quantitative estimate of drug-likeness (QED) is 0.838. The lowest BCUT2D eigenvalue weighted by Crippen LogP contribution is -2.40. The Bertz CT molecular complexity index is 531. The molecule has 2 aliphatic rings. The van der Waals surface area contributed by atoms with Crippen LogP contribution in [-0.4, -0.2) is 11.9 Å². The van der Waals surface area contributed by atoms with Crippen molar-refractivity contribution in [3.63, 3.8) is 0 Å². The Morgan fingerprint density at radius 3 is 2.80 bits per heavy atom. The molecule has 0 saturated heterocycles. The number of nitrogen functional groups attached to an aromatic ring is 1. The summed E-state index contributed by atoms with van der Waals surface area (Å²) in [7, 11) is 0. The first-order chi connectivity index (χ1) is 9.54. The lowest BCUT2D eigenvalue weighted by atomic mass is 9.84. The lowest BCUT2D eigenvalue weighted by Gasteiger charge is -2.28. The van der Waals surface area contributed by atoms with Gasteiger partial charge in [0.15, 0.2) is 0 Å². The zero-order chi connectivity index (χ0) is 14.3. The van der Waals surface area contributed by atoms with Crippen LogP contribution in [0.15, 0.2) is 18.2 Å². The first kappa shape index (κ1) is 13.7. The molecule has 4 atom stereocenters. The Kier molecular flexibility index (Phi) is 3.63. The minimum absolute atomic E-state index is 0.0522. The molecule has 0 spiro atoms. The van der Waals surface area contributed by atoms with Crippen molar-refractivity contribution in [1.29, 1.82) is 0 Å². The molecule has 20 heavy (non-hydrogen) atoms. The summed E-state index contributed by atoms with van der Waals surface area (Å²) in [4.78, 5) is 12.3. The first-order valence-electron chi connectivity index (χ1n) is 7.40. The third-order valence-corrected chi connectivity index (χ3v) is 5.40. The molecule has 0 aromatic heterocycles. The van der Waals surface area contributed by atoms with Crippen molar-refractivity contribution in [2.45, 2.75) is 38.6 Å². The SMILES string of the molecule is CC(NC(=O)c1ccc(Cl)c(N)c1)C1CC2CCC1C2. The van der Waals surface area contributed by atoms with E-state index in [0.29, 0.717) is 22.2 Å². The summed E-state index contributed by atoms with van der Waals surface area (Å²) in [5.41, 5.74) is 6.78. The number of benzene rings is 1. The zero-order valence-electron chi connectivity index (χ0n) is 11.7. The summed E-state index contributed by atoms with van der Waals surface area (Å²) in [6.45, 7) is 2.13. The number of nitrogens with two attached hydrogens (primary N) is 1. The maximum atomic E-state index is 12.3. The largest absolute Gasteiger partial charge is 0.398 e. The van der Waals surface area contributed by atoms with Crippen LogP contribution >= 0.6 is 11.6 Å². The van der Waals surface area contributed by atoms with Crippen LogP contribution in [0.25, 0.3) is 0 Å². The molecule has 2 fully saturated rings. The van der Waals surface area contributed by atoms with E-state index >= 15 is 0 Å². The fourth-order valence-electron chi connectivity index (χ4n) is 3.99. The molecular formula is C16H21ClN2O. The number of carbonyl (C=O) groups excluding carboxylic acids is 1. The van der Waals surface area contributed by atoms with Crippen molar-refractivity contribution >= 4 is 23.2 Å². The van der Waals surface area contributed by atoms with Crippen LogP contribution in [0.4, 0.5) is 5.69 Å². The Labute approximate surface area is 124 Å². The second kappa shape index (κ2) is 5.28. The van der Waals surface area contributed by atoms with E-state index < -0.39 is 0 Å². The van der Waals surface area contributed by atoms with E-state index in [0.717, 1.165) is 11.8 Å². The van der Waals surface area contributed by atoms with E-state index in [-0.39, 0.29) is 11.9 Å². The van der Waals surface area contributed by atoms with E-state index in [1.54, 1.807) is 18.2 Å². The minimum atomic E-state index is -0.0522. The average Bonchev–Trinajstić information content (AvgIpc) is 3.04. The summed E-state index contributed by atoms with van der Waals surface area (Å²) < 4.78 is 0. The zero-order valence-corrected chi connectivity index (χ0v) is 12.5. The van der Waals surface area contributed by atoms with Crippen LogP contribution in [-0.2, 0) is 0 Å². The summed E-state index contributed by atoms with van der Waals surface area (Å²) in [5, 5.41) is 3.62. The second-order valence-electron chi connectivity index (χ2n) is 6.34. The average molecular weight is 293 g/mol. The van der Waals surface area contributed by atoms with Gasteiger partial charge in [-0.25, -0.2) is 0 Å². The number of amides is 1. The Morgan fingerprint density at radius 1 is 1.40 bits per heavy atom. The van der Waals surface area contributed by atoms with Gasteiger partial charge in [-0.05, 0) is 62.1 Å². The van der Waals surface area contributed by atoms with Crippen molar-refractivity contribution in [1.82, 2.24) is 5.32 Å². The lowest BCUT2D eigenvalue weighted by molar-refractivity contribution is 0.0915. The summed E-state index contributed by atoms with van der Waals surface area (Å²) in [5.74, 6) is 2.30. The van der Waals surface area contributed by atoms with Crippen molar-refractivity contribution in [3.8, 4) is 0 Å². The molecule has 0 heterocycles. The third kappa shape index (κ3) is 2.51. The molecule has 0 radical (unpaired) electrons. The van der Waals surface area contributed by atoms with Gasteiger partial charge in [-0.1, -0.05) is 18.0 Å². The highest BCUT2D eigenvalue weighted by molar-refractivity contribution is 6.33. The summed E-state index contributed by atoms with van der Waals surface area (Å²) in [6.07, 6.45) is 5.35. The van der Waals surface area contributed by atoms with Crippen LogP contribution in [0.2, 0.25) is 5.02 Å². The molecule has 1 aromatic rings. The van der Waals surface area contributed by atoms with Crippen LogP contribution < -0.4 is 11.1 Å². The van der Waals surface area contributed by atoms with Gasteiger partial charge in [0.25, 0.3) is 5.91 Å². The molecule has 4 heteroatoms. The molecule has 108 valence electrons. The van der Waals surface area contributed by atoms with E-state index in [1.165, 1.54) is 25.7 Å². The second-order valence-corrected chi connectivity index (χ2v) is 6.74. The Balaban J connectivity index is 1.65. The number of anilines is 1. The molecule has 4 unspecified atom stereocenters. The number of hydrogen-bond acceptors (Lipinski definition) is 2. The van der Waals surface area contributed by atoms with E-state index in [4.69, 9.17) is 17.3 Å². The number of hydrogen-bond donors (Lipinski definition) is 2. The molecule has 1 amide bonds. The normalized spacial score (nSPS) is 29.4. The van der Waals surface area contributed by atoms with Crippen molar-refractivity contribution in [3.05, 3.63) is 28.8 Å². The summed E-state index contributed by atoms with van der Waals surface area (Å²) in [6, 6.07) is 5.27. The molecule has 3 rings (SSSR count). The predicted molar refractivity (Wildman–Crippen MR) is 81.7 cm³/mol. The fraction of sp³-hybridized carbons (Fsp3) is 0.562. The first-order valence-corrected chi connectivity index (χ1v) is 7.78. The van der Waals surface area contributed by atoms with Gasteiger partial charge in [0.2, 0.25) is 0 Å². The van der Waals surface area contributed by atoms with Gasteiger partial charge in [0.1, 0.15) is 0 Å². The van der Waals surface area contributed by atoms with E-state index in [1.807, 2.05) is 0 Å². The van der Waals surface area contributed by atoms with E-state index in [9.17, 15) is 4.79 Å². The number of rotatable bonds is 3. The minimum Gasteiger partial charge on any atom is -0.398 e. The maximum Gasteiger partial charge on any atom is 0.251 e. The molecule has 3 nitrogen and oxygen atoms in total. The molecular weight excluding hydrogens is 272 g/mol.